The topological polar surface area (TPSA) is 73.6 Å². The van der Waals surface area contributed by atoms with Crippen LogP contribution in [0.15, 0.2) is 0 Å². The van der Waals surface area contributed by atoms with Crippen molar-refractivity contribution in [3.8, 4) is 0 Å². The van der Waals surface area contributed by atoms with E-state index in [4.69, 9.17) is 15.2 Å². The lowest BCUT2D eigenvalue weighted by Gasteiger charge is -2.30. The summed E-state index contributed by atoms with van der Waals surface area (Å²) >= 11 is 0. The molecule has 0 aliphatic rings. The van der Waals surface area contributed by atoms with Gasteiger partial charge in [-0.15, -0.1) is 0 Å². The van der Waals surface area contributed by atoms with Gasteiger partial charge < -0.3 is 20.5 Å². The molecule has 0 aromatic heterocycles. The molecule has 102 valence electrons. The maximum Gasteiger partial charge on any atom is 0.246 e. The van der Waals surface area contributed by atoms with E-state index in [1.165, 1.54) is 0 Å². The number of ether oxygens (including phenoxy) is 2. The molecule has 0 fully saturated rings. The van der Waals surface area contributed by atoms with Crippen molar-refractivity contribution in [2.45, 2.75) is 26.7 Å². The summed E-state index contributed by atoms with van der Waals surface area (Å²) in [5.74, 6) is -0.0965. The van der Waals surface area contributed by atoms with Gasteiger partial charge in [0.25, 0.3) is 0 Å². The van der Waals surface area contributed by atoms with E-state index in [0.29, 0.717) is 26.3 Å². The van der Waals surface area contributed by atoms with E-state index in [1.54, 1.807) is 7.11 Å². The Morgan fingerprint density at radius 2 is 1.94 bits per heavy atom. The van der Waals surface area contributed by atoms with Crippen LogP contribution in [-0.4, -0.2) is 45.9 Å². The number of amides is 1. The largest absolute Gasteiger partial charge is 0.382 e. The van der Waals surface area contributed by atoms with Gasteiger partial charge in [0, 0.05) is 13.7 Å². The highest BCUT2D eigenvalue weighted by Gasteiger charge is 2.24. The van der Waals surface area contributed by atoms with Crippen molar-refractivity contribution >= 4 is 5.91 Å². The first-order valence-corrected chi connectivity index (χ1v) is 6.17. The standard InChI is InChI=1S/C12H26N2O3/c1-4-12(5-2,9-13)10-14-11(15)8-17-7-6-16-3/h4-10,13H2,1-3H3,(H,14,15). The van der Waals surface area contributed by atoms with Crippen LogP contribution in [-0.2, 0) is 14.3 Å². The minimum atomic E-state index is -0.0965. The van der Waals surface area contributed by atoms with Gasteiger partial charge in [0.1, 0.15) is 6.61 Å². The lowest BCUT2D eigenvalue weighted by atomic mass is 9.82. The van der Waals surface area contributed by atoms with Crippen LogP contribution in [0, 0.1) is 5.41 Å². The van der Waals surface area contributed by atoms with E-state index >= 15 is 0 Å². The number of methoxy groups -OCH3 is 1. The third kappa shape index (κ3) is 6.61. The van der Waals surface area contributed by atoms with Crippen molar-refractivity contribution in [2.75, 3.05) is 40.0 Å². The van der Waals surface area contributed by atoms with Gasteiger partial charge >= 0.3 is 0 Å². The average molecular weight is 246 g/mol. The summed E-state index contributed by atoms with van der Waals surface area (Å²) in [6.45, 7) is 6.41. The van der Waals surface area contributed by atoms with Crippen LogP contribution in [0.2, 0.25) is 0 Å². The molecule has 17 heavy (non-hydrogen) atoms. The van der Waals surface area contributed by atoms with Crippen molar-refractivity contribution in [3.63, 3.8) is 0 Å². The average Bonchev–Trinajstić information content (AvgIpc) is 2.37. The number of hydrogen-bond acceptors (Lipinski definition) is 4. The zero-order chi connectivity index (χ0) is 13.1. The molecule has 0 radical (unpaired) electrons. The molecule has 5 heteroatoms. The normalized spacial score (nSPS) is 11.5. The van der Waals surface area contributed by atoms with Crippen molar-refractivity contribution in [2.24, 2.45) is 11.1 Å². The Balaban J connectivity index is 3.81. The van der Waals surface area contributed by atoms with Crippen LogP contribution in [0.3, 0.4) is 0 Å². The molecule has 5 nitrogen and oxygen atoms in total. The van der Waals surface area contributed by atoms with Crippen LogP contribution < -0.4 is 11.1 Å². The van der Waals surface area contributed by atoms with Gasteiger partial charge in [-0.05, 0) is 24.8 Å². The maximum atomic E-state index is 11.5. The minimum absolute atomic E-state index is 0.0161. The second-order valence-electron chi connectivity index (χ2n) is 4.23. The first kappa shape index (κ1) is 16.4. The molecule has 0 atom stereocenters. The summed E-state index contributed by atoms with van der Waals surface area (Å²) in [7, 11) is 1.60. The molecule has 0 rings (SSSR count). The second-order valence-corrected chi connectivity index (χ2v) is 4.23. The summed E-state index contributed by atoms with van der Waals surface area (Å²) in [4.78, 5) is 11.5. The van der Waals surface area contributed by atoms with Crippen LogP contribution >= 0.6 is 0 Å². The summed E-state index contributed by atoms with van der Waals surface area (Å²) in [6, 6.07) is 0. The van der Waals surface area contributed by atoms with Gasteiger partial charge in [-0.25, -0.2) is 0 Å². The second kappa shape index (κ2) is 9.39. The molecule has 3 N–H and O–H groups in total. The van der Waals surface area contributed by atoms with Crippen molar-refractivity contribution in [1.82, 2.24) is 5.32 Å². The highest BCUT2D eigenvalue weighted by atomic mass is 16.5. The molecule has 0 aliphatic heterocycles. The quantitative estimate of drug-likeness (QED) is 0.551. The lowest BCUT2D eigenvalue weighted by molar-refractivity contribution is -0.126. The maximum absolute atomic E-state index is 11.5. The number of nitrogens with one attached hydrogen (secondary N) is 1. The molecule has 1 amide bonds. The smallest absolute Gasteiger partial charge is 0.246 e. The summed E-state index contributed by atoms with van der Waals surface area (Å²) in [6.07, 6.45) is 1.93. The fraction of sp³-hybridized carbons (Fsp3) is 0.917. The Bertz CT molecular complexity index is 198. The Morgan fingerprint density at radius 1 is 1.29 bits per heavy atom. The van der Waals surface area contributed by atoms with Gasteiger partial charge in [-0.3, -0.25) is 4.79 Å². The van der Waals surface area contributed by atoms with Crippen molar-refractivity contribution in [1.29, 1.82) is 0 Å². The summed E-state index contributed by atoms with van der Waals surface area (Å²) < 4.78 is 9.95. The van der Waals surface area contributed by atoms with Gasteiger partial charge in [0.2, 0.25) is 5.91 Å². The van der Waals surface area contributed by atoms with Crippen LogP contribution in [0.5, 0.6) is 0 Å². The van der Waals surface area contributed by atoms with Crippen LogP contribution in [0.25, 0.3) is 0 Å². The monoisotopic (exact) mass is 246 g/mol. The van der Waals surface area contributed by atoms with Crippen LogP contribution in [0.1, 0.15) is 26.7 Å². The van der Waals surface area contributed by atoms with Gasteiger partial charge in [0.15, 0.2) is 0 Å². The van der Waals surface area contributed by atoms with Gasteiger partial charge in [-0.2, -0.15) is 0 Å². The molecular weight excluding hydrogens is 220 g/mol. The molecule has 0 saturated heterocycles. The van der Waals surface area contributed by atoms with Gasteiger partial charge in [0.05, 0.1) is 13.2 Å². The van der Waals surface area contributed by atoms with Gasteiger partial charge in [-0.1, -0.05) is 13.8 Å². The first-order valence-electron chi connectivity index (χ1n) is 6.17. The zero-order valence-corrected chi connectivity index (χ0v) is 11.3. The van der Waals surface area contributed by atoms with E-state index in [0.717, 1.165) is 12.8 Å². The Morgan fingerprint density at radius 3 is 2.41 bits per heavy atom. The molecule has 0 aromatic carbocycles. The number of hydrogen-bond donors (Lipinski definition) is 2. The van der Waals surface area contributed by atoms with Crippen LogP contribution in [0.4, 0.5) is 0 Å². The zero-order valence-electron chi connectivity index (χ0n) is 11.3. The number of carbonyl (C=O) groups is 1. The van der Waals surface area contributed by atoms with Crippen molar-refractivity contribution < 1.29 is 14.3 Å². The molecule has 0 bridgehead atoms. The predicted molar refractivity (Wildman–Crippen MR) is 67.8 cm³/mol. The molecule has 0 aromatic rings. The molecular formula is C12H26N2O3. The first-order chi connectivity index (χ1) is 8.14. The van der Waals surface area contributed by atoms with E-state index in [2.05, 4.69) is 19.2 Å². The number of rotatable bonds is 10. The van der Waals surface area contributed by atoms with E-state index in [-0.39, 0.29) is 17.9 Å². The lowest BCUT2D eigenvalue weighted by Crippen LogP contribution is -2.42. The molecule has 0 heterocycles. The third-order valence-electron chi connectivity index (χ3n) is 3.26. The summed E-state index contributed by atoms with van der Waals surface area (Å²) in [5, 5.41) is 2.87. The number of nitrogens with two attached hydrogens (primary N) is 1. The SMILES string of the molecule is CCC(CC)(CN)CNC(=O)COCCOC. The van der Waals surface area contributed by atoms with E-state index in [1.807, 2.05) is 0 Å². The Kier molecular flexibility index (Phi) is 9.03. The summed E-state index contributed by atoms with van der Waals surface area (Å²) in [5.41, 5.74) is 5.77. The highest BCUT2D eigenvalue weighted by molar-refractivity contribution is 5.77. The minimum Gasteiger partial charge on any atom is -0.382 e. The number of carbonyl (C=O) groups excluding carboxylic acids is 1. The third-order valence-corrected chi connectivity index (χ3v) is 3.26. The Hall–Kier alpha value is -0.650. The molecule has 0 unspecified atom stereocenters. The Labute approximate surface area is 104 Å². The molecule has 0 aliphatic carbocycles. The molecule has 0 saturated carbocycles. The fourth-order valence-corrected chi connectivity index (χ4v) is 1.51. The van der Waals surface area contributed by atoms with E-state index in [9.17, 15) is 4.79 Å². The molecule has 0 spiro atoms. The van der Waals surface area contributed by atoms with Crippen molar-refractivity contribution in [3.05, 3.63) is 0 Å². The highest BCUT2D eigenvalue weighted by Crippen LogP contribution is 2.23. The fourth-order valence-electron chi connectivity index (χ4n) is 1.51. The predicted octanol–water partition coefficient (Wildman–Crippen LogP) is 0.531. The van der Waals surface area contributed by atoms with E-state index < -0.39 is 0 Å².